The number of hydrogen-bond acceptors (Lipinski definition) is 3. The largest absolute Gasteiger partial charge is 0.497 e. The molecule has 0 heterocycles. The van der Waals surface area contributed by atoms with Crippen molar-refractivity contribution < 1.29 is 9.53 Å². The van der Waals surface area contributed by atoms with Gasteiger partial charge in [-0.2, -0.15) is 0 Å². The van der Waals surface area contributed by atoms with E-state index in [0.29, 0.717) is 17.9 Å². The van der Waals surface area contributed by atoms with Crippen molar-refractivity contribution in [2.75, 3.05) is 26.7 Å². The van der Waals surface area contributed by atoms with Crippen LogP contribution in [-0.4, -0.2) is 32.7 Å². The summed E-state index contributed by atoms with van der Waals surface area (Å²) in [6.45, 7) is 2.51. The summed E-state index contributed by atoms with van der Waals surface area (Å²) in [6.07, 6.45) is 1.93. The zero-order valence-electron chi connectivity index (χ0n) is 13.5. The number of amides is 1. The van der Waals surface area contributed by atoms with E-state index in [9.17, 15) is 4.79 Å². The lowest BCUT2D eigenvalue weighted by atomic mass is 10.1. The maximum atomic E-state index is 12.0. The SMILES string of the molecule is COc1cccc(C(=O)NCCCNCCc2ccccc2)c1. The third kappa shape index (κ3) is 6.12. The molecule has 0 spiro atoms. The molecule has 0 aliphatic carbocycles. The van der Waals surface area contributed by atoms with Crippen molar-refractivity contribution in [2.24, 2.45) is 0 Å². The topological polar surface area (TPSA) is 50.4 Å². The lowest BCUT2D eigenvalue weighted by Gasteiger charge is -2.08. The molecule has 1 amide bonds. The Morgan fingerprint density at radius 2 is 1.83 bits per heavy atom. The third-order valence-corrected chi connectivity index (χ3v) is 3.58. The smallest absolute Gasteiger partial charge is 0.251 e. The molecule has 23 heavy (non-hydrogen) atoms. The zero-order valence-corrected chi connectivity index (χ0v) is 13.5. The van der Waals surface area contributed by atoms with Gasteiger partial charge in [-0.25, -0.2) is 0 Å². The second-order valence-corrected chi connectivity index (χ2v) is 5.33. The molecule has 0 fully saturated rings. The van der Waals surface area contributed by atoms with Gasteiger partial charge in [-0.1, -0.05) is 36.4 Å². The molecule has 0 aliphatic rings. The zero-order chi connectivity index (χ0) is 16.3. The highest BCUT2D eigenvalue weighted by Crippen LogP contribution is 2.12. The lowest BCUT2D eigenvalue weighted by Crippen LogP contribution is -2.28. The minimum absolute atomic E-state index is 0.0619. The molecule has 2 N–H and O–H groups in total. The van der Waals surface area contributed by atoms with E-state index in [-0.39, 0.29) is 5.91 Å². The molecule has 0 atom stereocenters. The maximum Gasteiger partial charge on any atom is 0.251 e. The Kier molecular flexibility index (Phi) is 7.14. The van der Waals surface area contributed by atoms with Gasteiger partial charge in [-0.15, -0.1) is 0 Å². The summed E-state index contributed by atoms with van der Waals surface area (Å²) in [5.41, 5.74) is 1.97. The predicted molar refractivity (Wildman–Crippen MR) is 93.0 cm³/mol. The van der Waals surface area contributed by atoms with Gasteiger partial charge in [0.2, 0.25) is 0 Å². The fraction of sp³-hybridized carbons (Fsp3) is 0.316. The summed E-state index contributed by atoms with van der Waals surface area (Å²) in [5, 5.41) is 6.32. The van der Waals surface area contributed by atoms with E-state index in [1.165, 1.54) is 5.56 Å². The summed E-state index contributed by atoms with van der Waals surface area (Å²) in [7, 11) is 1.60. The summed E-state index contributed by atoms with van der Waals surface area (Å²) in [5.74, 6) is 0.633. The number of carbonyl (C=O) groups is 1. The highest BCUT2D eigenvalue weighted by Gasteiger charge is 2.05. The van der Waals surface area contributed by atoms with E-state index in [2.05, 4.69) is 34.9 Å². The van der Waals surface area contributed by atoms with E-state index in [1.807, 2.05) is 18.2 Å². The van der Waals surface area contributed by atoms with Crippen LogP contribution in [0.15, 0.2) is 54.6 Å². The van der Waals surface area contributed by atoms with Gasteiger partial charge in [0.25, 0.3) is 5.91 Å². The Bertz CT molecular complexity index is 599. The molecule has 0 aromatic heterocycles. The van der Waals surface area contributed by atoms with Crippen LogP contribution in [0.4, 0.5) is 0 Å². The first kappa shape index (κ1) is 17.0. The molecule has 2 aromatic rings. The van der Waals surface area contributed by atoms with Crippen molar-refractivity contribution in [1.29, 1.82) is 0 Å². The quantitative estimate of drug-likeness (QED) is 0.700. The van der Waals surface area contributed by atoms with Gasteiger partial charge in [0.1, 0.15) is 5.75 Å². The van der Waals surface area contributed by atoms with Crippen molar-refractivity contribution in [2.45, 2.75) is 12.8 Å². The molecule has 0 aliphatic heterocycles. The maximum absolute atomic E-state index is 12.0. The van der Waals surface area contributed by atoms with E-state index in [4.69, 9.17) is 4.74 Å². The highest BCUT2D eigenvalue weighted by molar-refractivity contribution is 5.94. The normalized spacial score (nSPS) is 10.3. The molecule has 0 bridgehead atoms. The van der Waals surface area contributed by atoms with Crippen molar-refractivity contribution in [3.8, 4) is 5.75 Å². The first-order chi connectivity index (χ1) is 11.3. The Morgan fingerprint density at radius 3 is 2.61 bits per heavy atom. The number of nitrogens with one attached hydrogen (secondary N) is 2. The Labute approximate surface area is 137 Å². The standard InChI is InChI=1S/C19H24N2O2/c1-23-18-10-5-9-17(15-18)19(22)21-13-6-12-20-14-11-16-7-3-2-4-8-16/h2-5,7-10,15,20H,6,11-14H2,1H3,(H,21,22). The monoisotopic (exact) mass is 312 g/mol. The molecular weight excluding hydrogens is 288 g/mol. The second-order valence-electron chi connectivity index (χ2n) is 5.33. The minimum Gasteiger partial charge on any atom is -0.497 e. The molecule has 0 saturated heterocycles. The predicted octanol–water partition coefficient (Wildman–Crippen LogP) is 2.65. The Morgan fingerprint density at radius 1 is 1.00 bits per heavy atom. The molecule has 4 nitrogen and oxygen atoms in total. The molecule has 122 valence electrons. The molecule has 2 aromatic carbocycles. The van der Waals surface area contributed by atoms with Gasteiger partial charge in [0.05, 0.1) is 7.11 Å². The Balaban J connectivity index is 1.57. The van der Waals surface area contributed by atoms with Crippen LogP contribution >= 0.6 is 0 Å². The van der Waals surface area contributed by atoms with Gasteiger partial charge in [-0.3, -0.25) is 4.79 Å². The van der Waals surface area contributed by atoms with Crippen LogP contribution < -0.4 is 15.4 Å². The summed E-state index contributed by atoms with van der Waals surface area (Å²) in [4.78, 5) is 12.0. The molecule has 4 heteroatoms. The van der Waals surface area contributed by atoms with Crippen LogP contribution in [0, 0.1) is 0 Å². The summed E-state index contributed by atoms with van der Waals surface area (Å²) in [6, 6.07) is 17.6. The average molecular weight is 312 g/mol. The number of methoxy groups -OCH3 is 1. The van der Waals surface area contributed by atoms with Crippen LogP contribution in [0.1, 0.15) is 22.3 Å². The van der Waals surface area contributed by atoms with Crippen LogP contribution in [0.5, 0.6) is 5.75 Å². The number of ether oxygens (including phenoxy) is 1. The van der Waals surface area contributed by atoms with E-state index < -0.39 is 0 Å². The van der Waals surface area contributed by atoms with Gasteiger partial charge in [0.15, 0.2) is 0 Å². The number of hydrogen-bond donors (Lipinski definition) is 2. The van der Waals surface area contributed by atoms with Crippen molar-refractivity contribution >= 4 is 5.91 Å². The third-order valence-electron chi connectivity index (χ3n) is 3.58. The van der Waals surface area contributed by atoms with Gasteiger partial charge >= 0.3 is 0 Å². The molecular formula is C19H24N2O2. The Hall–Kier alpha value is -2.33. The lowest BCUT2D eigenvalue weighted by molar-refractivity contribution is 0.0953. The van der Waals surface area contributed by atoms with Crippen molar-refractivity contribution in [3.05, 3.63) is 65.7 Å². The van der Waals surface area contributed by atoms with Crippen molar-refractivity contribution in [1.82, 2.24) is 10.6 Å². The summed E-state index contributed by atoms with van der Waals surface area (Å²) >= 11 is 0. The van der Waals surface area contributed by atoms with Gasteiger partial charge in [0, 0.05) is 12.1 Å². The molecule has 0 radical (unpaired) electrons. The number of rotatable bonds is 9. The van der Waals surface area contributed by atoms with Crippen LogP contribution in [0.3, 0.4) is 0 Å². The first-order valence-corrected chi connectivity index (χ1v) is 7.96. The average Bonchev–Trinajstić information content (AvgIpc) is 2.61. The van der Waals surface area contributed by atoms with Crippen LogP contribution in [0.2, 0.25) is 0 Å². The molecule has 0 unspecified atom stereocenters. The fourth-order valence-corrected chi connectivity index (χ4v) is 2.28. The van der Waals surface area contributed by atoms with E-state index >= 15 is 0 Å². The minimum atomic E-state index is -0.0619. The molecule has 0 saturated carbocycles. The van der Waals surface area contributed by atoms with Gasteiger partial charge < -0.3 is 15.4 Å². The fourth-order valence-electron chi connectivity index (χ4n) is 2.28. The second kappa shape index (κ2) is 9.64. The van der Waals surface area contributed by atoms with Gasteiger partial charge in [-0.05, 0) is 49.7 Å². The number of carbonyl (C=O) groups excluding carboxylic acids is 1. The first-order valence-electron chi connectivity index (χ1n) is 7.96. The van der Waals surface area contributed by atoms with Crippen LogP contribution in [-0.2, 0) is 6.42 Å². The van der Waals surface area contributed by atoms with Crippen molar-refractivity contribution in [3.63, 3.8) is 0 Å². The number of benzene rings is 2. The van der Waals surface area contributed by atoms with E-state index in [1.54, 1.807) is 19.2 Å². The van der Waals surface area contributed by atoms with Crippen LogP contribution in [0.25, 0.3) is 0 Å². The summed E-state index contributed by atoms with van der Waals surface area (Å²) < 4.78 is 5.12. The van der Waals surface area contributed by atoms with E-state index in [0.717, 1.165) is 25.9 Å². The molecule has 2 rings (SSSR count). The highest BCUT2D eigenvalue weighted by atomic mass is 16.5.